The van der Waals surface area contributed by atoms with Crippen molar-refractivity contribution >= 4 is 15.9 Å². The van der Waals surface area contributed by atoms with Crippen molar-refractivity contribution in [1.82, 2.24) is 9.62 Å². The number of sulfonamides is 1. The highest BCUT2D eigenvalue weighted by Crippen LogP contribution is 2.30. The highest BCUT2D eigenvalue weighted by Gasteiger charge is 2.28. The fourth-order valence-electron chi connectivity index (χ4n) is 3.81. The normalized spacial score (nSPS) is 15.4. The Morgan fingerprint density at radius 2 is 1.73 bits per heavy atom. The Morgan fingerprint density at radius 3 is 2.33 bits per heavy atom. The standard InChI is InChI=1S/C25H34N2O5S/c1-6-31-22-9-7-8-10-23(22)32-19-13-15-27(16-14-19)24(28)21-17-20(12-11-18(21)2)33(29,30)26-25(3,4)5/h7-12,17,19,26H,6,13-16H2,1-5H3. The quantitative estimate of drug-likeness (QED) is 0.652. The lowest BCUT2D eigenvalue weighted by Crippen LogP contribution is -2.42. The Bertz CT molecular complexity index is 1080. The molecule has 1 amide bonds. The summed E-state index contributed by atoms with van der Waals surface area (Å²) < 4.78 is 39.9. The Labute approximate surface area is 197 Å². The Morgan fingerprint density at radius 1 is 1.09 bits per heavy atom. The SMILES string of the molecule is CCOc1ccccc1OC1CCN(C(=O)c2cc(S(=O)(=O)NC(C)(C)C)ccc2C)CC1. The van der Waals surface area contributed by atoms with Crippen LogP contribution in [0.15, 0.2) is 47.4 Å². The third kappa shape index (κ3) is 6.48. The van der Waals surface area contributed by atoms with Gasteiger partial charge in [0, 0.05) is 37.0 Å². The van der Waals surface area contributed by atoms with Gasteiger partial charge in [0.05, 0.1) is 11.5 Å². The smallest absolute Gasteiger partial charge is 0.254 e. The lowest BCUT2D eigenvalue weighted by molar-refractivity contribution is 0.0588. The molecule has 33 heavy (non-hydrogen) atoms. The van der Waals surface area contributed by atoms with E-state index in [1.54, 1.807) is 31.7 Å². The minimum Gasteiger partial charge on any atom is -0.490 e. The van der Waals surface area contributed by atoms with Crippen LogP contribution in [0.5, 0.6) is 11.5 Å². The molecule has 1 N–H and O–H groups in total. The van der Waals surface area contributed by atoms with E-state index in [0.29, 0.717) is 43.9 Å². The Hall–Kier alpha value is -2.58. The van der Waals surface area contributed by atoms with Crippen LogP contribution in [0, 0.1) is 6.92 Å². The van der Waals surface area contributed by atoms with Crippen LogP contribution >= 0.6 is 0 Å². The third-order valence-electron chi connectivity index (χ3n) is 5.36. The Balaban J connectivity index is 1.69. The summed E-state index contributed by atoms with van der Waals surface area (Å²) in [5.41, 5.74) is 0.544. The van der Waals surface area contributed by atoms with E-state index in [2.05, 4.69) is 4.72 Å². The van der Waals surface area contributed by atoms with Gasteiger partial charge in [0.2, 0.25) is 10.0 Å². The fourth-order valence-corrected chi connectivity index (χ4v) is 5.25. The molecule has 1 saturated heterocycles. The summed E-state index contributed by atoms with van der Waals surface area (Å²) in [6, 6.07) is 12.3. The molecule has 0 saturated carbocycles. The number of ether oxygens (including phenoxy) is 2. The van der Waals surface area contributed by atoms with Gasteiger partial charge >= 0.3 is 0 Å². The minimum atomic E-state index is -3.73. The highest BCUT2D eigenvalue weighted by molar-refractivity contribution is 7.89. The zero-order valence-corrected chi connectivity index (χ0v) is 20.9. The second kappa shape index (κ2) is 10.1. The van der Waals surface area contributed by atoms with Gasteiger partial charge in [-0.15, -0.1) is 0 Å². The van der Waals surface area contributed by atoms with E-state index in [0.717, 1.165) is 11.3 Å². The van der Waals surface area contributed by atoms with Gasteiger partial charge in [-0.1, -0.05) is 18.2 Å². The van der Waals surface area contributed by atoms with Gasteiger partial charge in [-0.25, -0.2) is 13.1 Å². The average molecular weight is 475 g/mol. The monoisotopic (exact) mass is 474 g/mol. The van der Waals surface area contributed by atoms with Crippen molar-refractivity contribution in [1.29, 1.82) is 0 Å². The topological polar surface area (TPSA) is 84.9 Å². The van der Waals surface area contributed by atoms with E-state index in [1.807, 2.05) is 38.1 Å². The van der Waals surface area contributed by atoms with Gasteiger partial charge in [-0.2, -0.15) is 0 Å². The predicted molar refractivity (Wildman–Crippen MR) is 128 cm³/mol. The van der Waals surface area contributed by atoms with Crippen LogP contribution in [0.25, 0.3) is 0 Å². The van der Waals surface area contributed by atoms with E-state index in [9.17, 15) is 13.2 Å². The molecule has 8 heteroatoms. The van der Waals surface area contributed by atoms with Crippen LogP contribution in [-0.4, -0.2) is 50.6 Å². The molecular formula is C25H34N2O5S. The minimum absolute atomic E-state index is 0.0144. The molecule has 180 valence electrons. The summed E-state index contributed by atoms with van der Waals surface area (Å²) in [4.78, 5) is 15.1. The van der Waals surface area contributed by atoms with Crippen LogP contribution in [0.2, 0.25) is 0 Å². The first-order chi connectivity index (χ1) is 15.5. The molecule has 7 nitrogen and oxygen atoms in total. The second-order valence-corrected chi connectivity index (χ2v) is 11.0. The molecule has 1 heterocycles. The van der Waals surface area contributed by atoms with E-state index in [1.165, 1.54) is 12.1 Å². The van der Waals surface area contributed by atoms with E-state index >= 15 is 0 Å². The van der Waals surface area contributed by atoms with Crippen molar-refractivity contribution in [2.45, 2.75) is 64.0 Å². The van der Waals surface area contributed by atoms with Gasteiger partial charge in [0.15, 0.2) is 11.5 Å². The first kappa shape index (κ1) is 25.1. The fraction of sp³-hybridized carbons (Fsp3) is 0.480. The Kier molecular flexibility index (Phi) is 7.69. The molecule has 0 unspecified atom stereocenters. The van der Waals surface area contributed by atoms with E-state index in [4.69, 9.17) is 9.47 Å². The maximum atomic E-state index is 13.2. The molecule has 3 rings (SSSR count). The number of rotatable bonds is 7. The lowest BCUT2D eigenvalue weighted by atomic mass is 10.0. The van der Waals surface area contributed by atoms with Crippen molar-refractivity contribution in [3.05, 3.63) is 53.6 Å². The number of benzene rings is 2. The molecule has 2 aromatic carbocycles. The van der Waals surface area contributed by atoms with Crippen molar-refractivity contribution < 1.29 is 22.7 Å². The first-order valence-electron chi connectivity index (χ1n) is 11.3. The second-order valence-electron chi connectivity index (χ2n) is 9.32. The zero-order chi connectivity index (χ0) is 24.2. The molecule has 0 bridgehead atoms. The van der Waals surface area contributed by atoms with Crippen LogP contribution in [-0.2, 0) is 10.0 Å². The number of carbonyl (C=O) groups is 1. The molecule has 2 aromatic rings. The van der Waals surface area contributed by atoms with Crippen molar-refractivity contribution in [2.75, 3.05) is 19.7 Å². The number of nitrogens with zero attached hydrogens (tertiary/aromatic N) is 1. The molecule has 1 aliphatic rings. The number of hydrogen-bond donors (Lipinski definition) is 1. The summed E-state index contributed by atoms with van der Waals surface area (Å²) in [5.74, 6) is 1.27. The number of para-hydroxylation sites is 2. The van der Waals surface area contributed by atoms with E-state index < -0.39 is 15.6 Å². The van der Waals surface area contributed by atoms with Crippen LogP contribution < -0.4 is 14.2 Å². The summed E-state index contributed by atoms with van der Waals surface area (Å²) in [7, 11) is -3.73. The van der Waals surface area contributed by atoms with Gasteiger partial charge in [0.25, 0.3) is 5.91 Å². The van der Waals surface area contributed by atoms with Crippen molar-refractivity contribution in [3.63, 3.8) is 0 Å². The number of piperidine rings is 1. The number of hydrogen-bond acceptors (Lipinski definition) is 5. The number of amides is 1. The maximum absolute atomic E-state index is 13.2. The van der Waals surface area contributed by atoms with Crippen LogP contribution in [0.1, 0.15) is 56.5 Å². The first-order valence-corrected chi connectivity index (χ1v) is 12.8. The molecule has 0 spiro atoms. The van der Waals surface area contributed by atoms with Crippen molar-refractivity contribution in [2.24, 2.45) is 0 Å². The van der Waals surface area contributed by atoms with E-state index in [-0.39, 0.29) is 16.9 Å². The molecule has 1 fully saturated rings. The molecule has 0 atom stereocenters. The average Bonchev–Trinajstić information content (AvgIpc) is 2.74. The number of aryl methyl sites for hydroxylation is 1. The molecule has 0 aromatic heterocycles. The number of likely N-dealkylation sites (tertiary alicyclic amines) is 1. The zero-order valence-electron chi connectivity index (χ0n) is 20.1. The third-order valence-corrected chi connectivity index (χ3v) is 7.12. The van der Waals surface area contributed by atoms with Crippen molar-refractivity contribution in [3.8, 4) is 11.5 Å². The summed E-state index contributed by atoms with van der Waals surface area (Å²) in [6.07, 6.45) is 1.36. The highest BCUT2D eigenvalue weighted by atomic mass is 32.2. The maximum Gasteiger partial charge on any atom is 0.254 e. The molecular weight excluding hydrogens is 440 g/mol. The number of nitrogens with one attached hydrogen (secondary N) is 1. The molecule has 0 aliphatic carbocycles. The van der Waals surface area contributed by atoms with Gasteiger partial charge in [0.1, 0.15) is 6.10 Å². The summed E-state index contributed by atoms with van der Waals surface area (Å²) in [5, 5.41) is 0. The number of carbonyl (C=O) groups excluding carboxylic acids is 1. The molecule has 0 radical (unpaired) electrons. The summed E-state index contributed by atoms with van der Waals surface area (Å²) >= 11 is 0. The lowest BCUT2D eigenvalue weighted by Gasteiger charge is -2.33. The van der Waals surface area contributed by atoms with Crippen LogP contribution in [0.4, 0.5) is 0 Å². The van der Waals surface area contributed by atoms with Gasteiger partial charge < -0.3 is 14.4 Å². The summed E-state index contributed by atoms with van der Waals surface area (Å²) in [6.45, 7) is 10.7. The largest absolute Gasteiger partial charge is 0.490 e. The predicted octanol–water partition coefficient (Wildman–Crippen LogP) is 4.15. The molecule has 1 aliphatic heterocycles. The van der Waals surface area contributed by atoms with Gasteiger partial charge in [-0.05, 0) is 64.4 Å². The van der Waals surface area contributed by atoms with Crippen LogP contribution in [0.3, 0.4) is 0 Å². The van der Waals surface area contributed by atoms with Gasteiger partial charge in [-0.3, -0.25) is 4.79 Å².